The second kappa shape index (κ2) is 9.87. The van der Waals surface area contributed by atoms with Gasteiger partial charge in [0.1, 0.15) is 0 Å². The van der Waals surface area contributed by atoms with Gasteiger partial charge < -0.3 is 14.5 Å². The van der Waals surface area contributed by atoms with Gasteiger partial charge >= 0.3 is 5.97 Å². The Kier molecular flexibility index (Phi) is 7.00. The van der Waals surface area contributed by atoms with Gasteiger partial charge in [-0.3, -0.25) is 9.59 Å². The summed E-state index contributed by atoms with van der Waals surface area (Å²) >= 11 is 0. The van der Waals surface area contributed by atoms with E-state index in [1.54, 1.807) is 17.0 Å². The van der Waals surface area contributed by atoms with Gasteiger partial charge in [0.25, 0.3) is 5.91 Å². The van der Waals surface area contributed by atoms with E-state index in [-0.39, 0.29) is 18.4 Å². The van der Waals surface area contributed by atoms with E-state index >= 15 is 0 Å². The van der Waals surface area contributed by atoms with Crippen molar-refractivity contribution in [1.82, 2.24) is 9.80 Å². The molecule has 1 aliphatic rings. The van der Waals surface area contributed by atoms with Crippen LogP contribution < -0.4 is 0 Å². The van der Waals surface area contributed by atoms with Crippen molar-refractivity contribution in [3.8, 4) is 0 Å². The number of carbonyl (C=O) groups excluding carboxylic acids is 3. The van der Waals surface area contributed by atoms with Crippen LogP contribution in [0.5, 0.6) is 0 Å². The Hall–Kier alpha value is -3.15. The van der Waals surface area contributed by atoms with Crippen LogP contribution >= 0.6 is 0 Å². The third kappa shape index (κ3) is 5.67. The van der Waals surface area contributed by atoms with Crippen molar-refractivity contribution >= 4 is 17.8 Å². The van der Waals surface area contributed by atoms with E-state index in [0.717, 1.165) is 24.1 Å². The summed E-state index contributed by atoms with van der Waals surface area (Å²) in [6.07, 6.45) is 1.51. The summed E-state index contributed by atoms with van der Waals surface area (Å²) < 4.78 is 5.21. The van der Waals surface area contributed by atoms with Crippen molar-refractivity contribution in [2.24, 2.45) is 0 Å². The average Bonchev–Trinajstić information content (AvgIpc) is 3.15. The zero-order chi connectivity index (χ0) is 20.6. The standard InChI is InChI=1S/C23H26N2O4/c1-2-24(15-18-7-4-3-5-8-18)22(27)17-29-23(28)20-12-10-19(11-13-20)16-25-14-6-9-21(25)26/h3-5,7-8,10-13H,2,6,9,14-17H2,1H3. The Morgan fingerprint density at radius 3 is 2.38 bits per heavy atom. The maximum atomic E-state index is 12.4. The second-order valence-corrected chi connectivity index (χ2v) is 7.09. The van der Waals surface area contributed by atoms with E-state index in [4.69, 9.17) is 4.74 Å². The number of amides is 2. The first-order valence-electron chi connectivity index (χ1n) is 9.92. The van der Waals surface area contributed by atoms with Crippen molar-refractivity contribution in [2.75, 3.05) is 19.7 Å². The van der Waals surface area contributed by atoms with Crippen molar-refractivity contribution < 1.29 is 19.1 Å². The Bertz CT molecular complexity index is 849. The van der Waals surface area contributed by atoms with Crippen molar-refractivity contribution in [3.05, 3.63) is 71.3 Å². The van der Waals surface area contributed by atoms with Gasteiger partial charge in [-0.1, -0.05) is 42.5 Å². The van der Waals surface area contributed by atoms with Gasteiger partial charge in [0, 0.05) is 32.6 Å². The van der Waals surface area contributed by atoms with Crippen LogP contribution in [0.1, 0.15) is 41.3 Å². The molecule has 0 bridgehead atoms. The average molecular weight is 394 g/mol. The largest absolute Gasteiger partial charge is 0.452 e. The third-order valence-corrected chi connectivity index (χ3v) is 5.01. The molecule has 0 aromatic heterocycles. The third-order valence-electron chi connectivity index (χ3n) is 5.01. The predicted octanol–water partition coefficient (Wildman–Crippen LogP) is 3.01. The molecule has 6 nitrogen and oxygen atoms in total. The number of likely N-dealkylation sites (tertiary alicyclic amines) is 1. The summed E-state index contributed by atoms with van der Waals surface area (Å²) in [5.41, 5.74) is 2.38. The minimum atomic E-state index is -0.530. The molecule has 2 amide bonds. The SMILES string of the molecule is CCN(Cc1ccccc1)C(=O)COC(=O)c1ccc(CN2CCCC2=O)cc1. The first-order valence-corrected chi connectivity index (χ1v) is 9.92. The molecule has 152 valence electrons. The second-order valence-electron chi connectivity index (χ2n) is 7.09. The van der Waals surface area contributed by atoms with Gasteiger partial charge in [-0.25, -0.2) is 4.79 Å². The van der Waals surface area contributed by atoms with Crippen molar-refractivity contribution in [3.63, 3.8) is 0 Å². The lowest BCUT2D eigenvalue weighted by Gasteiger charge is -2.21. The van der Waals surface area contributed by atoms with E-state index in [0.29, 0.717) is 31.6 Å². The Morgan fingerprint density at radius 2 is 1.76 bits per heavy atom. The fraction of sp³-hybridized carbons (Fsp3) is 0.348. The van der Waals surface area contributed by atoms with E-state index in [1.807, 2.05) is 54.3 Å². The number of carbonyl (C=O) groups is 3. The van der Waals surface area contributed by atoms with Crippen LogP contribution in [-0.2, 0) is 27.4 Å². The molecule has 6 heteroatoms. The summed E-state index contributed by atoms with van der Waals surface area (Å²) in [6.45, 7) is 3.96. The quantitative estimate of drug-likeness (QED) is 0.646. The number of esters is 1. The molecule has 0 radical (unpaired) electrons. The molecule has 1 saturated heterocycles. The lowest BCUT2D eigenvalue weighted by molar-refractivity contribution is -0.135. The normalized spacial score (nSPS) is 13.4. The Labute approximate surface area is 171 Å². The smallest absolute Gasteiger partial charge is 0.338 e. The van der Waals surface area contributed by atoms with Gasteiger partial charge in [-0.15, -0.1) is 0 Å². The van der Waals surface area contributed by atoms with Crippen LogP contribution in [0.2, 0.25) is 0 Å². The Balaban J connectivity index is 1.50. The van der Waals surface area contributed by atoms with Crippen LogP contribution in [0.4, 0.5) is 0 Å². The maximum absolute atomic E-state index is 12.4. The topological polar surface area (TPSA) is 66.9 Å². The van der Waals surface area contributed by atoms with E-state index < -0.39 is 5.97 Å². The van der Waals surface area contributed by atoms with Gasteiger partial charge in [0.05, 0.1) is 5.56 Å². The van der Waals surface area contributed by atoms with Crippen molar-refractivity contribution in [1.29, 1.82) is 0 Å². The Morgan fingerprint density at radius 1 is 1.03 bits per heavy atom. The molecule has 0 N–H and O–H groups in total. The number of hydrogen-bond acceptors (Lipinski definition) is 4. The molecule has 1 aliphatic heterocycles. The highest BCUT2D eigenvalue weighted by molar-refractivity contribution is 5.91. The molecule has 2 aromatic carbocycles. The number of likely N-dealkylation sites (N-methyl/N-ethyl adjacent to an activating group) is 1. The fourth-order valence-electron chi connectivity index (χ4n) is 3.32. The zero-order valence-electron chi connectivity index (χ0n) is 16.7. The van der Waals surface area contributed by atoms with Gasteiger partial charge in [-0.2, -0.15) is 0 Å². The molecule has 1 fully saturated rings. The maximum Gasteiger partial charge on any atom is 0.338 e. The molecule has 0 atom stereocenters. The fourth-order valence-corrected chi connectivity index (χ4v) is 3.32. The van der Waals surface area contributed by atoms with Gasteiger partial charge in [0.2, 0.25) is 5.91 Å². The van der Waals surface area contributed by atoms with Crippen LogP contribution in [0.25, 0.3) is 0 Å². The number of nitrogens with zero attached hydrogens (tertiary/aromatic N) is 2. The number of ether oxygens (including phenoxy) is 1. The molecule has 29 heavy (non-hydrogen) atoms. The van der Waals surface area contributed by atoms with E-state index in [2.05, 4.69) is 0 Å². The molecule has 0 unspecified atom stereocenters. The van der Waals surface area contributed by atoms with Gasteiger partial charge in [-0.05, 0) is 36.6 Å². The highest BCUT2D eigenvalue weighted by atomic mass is 16.5. The first kappa shape index (κ1) is 20.6. The zero-order valence-corrected chi connectivity index (χ0v) is 16.7. The lowest BCUT2D eigenvalue weighted by atomic mass is 10.1. The van der Waals surface area contributed by atoms with E-state index in [1.165, 1.54) is 0 Å². The summed E-state index contributed by atoms with van der Waals surface area (Å²) in [6, 6.07) is 16.7. The first-order chi connectivity index (χ1) is 14.1. The summed E-state index contributed by atoms with van der Waals surface area (Å²) in [7, 11) is 0. The summed E-state index contributed by atoms with van der Waals surface area (Å²) in [4.78, 5) is 39.9. The minimum absolute atomic E-state index is 0.169. The van der Waals surface area contributed by atoms with Crippen LogP contribution in [0.15, 0.2) is 54.6 Å². The number of hydrogen-bond donors (Lipinski definition) is 0. The molecular weight excluding hydrogens is 368 g/mol. The van der Waals surface area contributed by atoms with Crippen molar-refractivity contribution in [2.45, 2.75) is 32.9 Å². The minimum Gasteiger partial charge on any atom is -0.452 e. The van der Waals surface area contributed by atoms with Crippen LogP contribution in [0.3, 0.4) is 0 Å². The lowest BCUT2D eigenvalue weighted by Crippen LogP contribution is -2.34. The van der Waals surface area contributed by atoms with Gasteiger partial charge in [0.15, 0.2) is 6.61 Å². The summed E-state index contributed by atoms with van der Waals surface area (Å²) in [5.74, 6) is -0.588. The van der Waals surface area contributed by atoms with E-state index in [9.17, 15) is 14.4 Å². The number of rotatable bonds is 8. The van der Waals surface area contributed by atoms with Crippen LogP contribution in [0, 0.1) is 0 Å². The highest BCUT2D eigenvalue weighted by Crippen LogP contribution is 2.15. The number of benzene rings is 2. The molecule has 0 saturated carbocycles. The molecule has 2 aromatic rings. The molecule has 1 heterocycles. The highest BCUT2D eigenvalue weighted by Gasteiger charge is 2.20. The molecule has 0 spiro atoms. The molecule has 3 rings (SSSR count). The molecular formula is C23H26N2O4. The van der Waals surface area contributed by atoms with Crippen LogP contribution in [-0.4, -0.2) is 47.3 Å². The molecule has 0 aliphatic carbocycles. The monoisotopic (exact) mass is 394 g/mol. The predicted molar refractivity (Wildman–Crippen MR) is 109 cm³/mol. The summed E-state index contributed by atoms with van der Waals surface area (Å²) in [5, 5.41) is 0.